The van der Waals surface area contributed by atoms with Crippen molar-refractivity contribution in [2.75, 3.05) is 19.6 Å². The summed E-state index contributed by atoms with van der Waals surface area (Å²) in [5, 5.41) is 5.88. The minimum Gasteiger partial charge on any atom is -0.348 e. The predicted molar refractivity (Wildman–Crippen MR) is 43.9 cm³/mol. The second-order valence-corrected chi connectivity index (χ2v) is 3.01. The summed E-state index contributed by atoms with van der Waals surface area (Å²) in [5.41, 5.74) is 0. The van der Waals surface area contributed by atoms with E-state index in [1.165, 1.54) is 12.8 Å². The summed E-state index contributed by atoms with van der Waals surface area (Å²) in [6, 6.07) is 0. The Bertz CT molecular complexity index is 111. The maximum absolute atomic E-state index is 9.80. The van der Waals surface area contributed by atoms with Crippen LogP contribution in [0.3, 0.4) is 0 Å². The van der Waals surface area contributed by atoms with Crippen molar-refractivity contribution < 1.29 is 4.79 Å². The normalized spacial score (nSPS) is 19.6. The molecule has 0 aliphatic carbocycles. The first-order valence-corrected chi connectivity index (χ1v) is 4.24. The van der Waals surface area contributed by atoms with Gasteiger partial charge in [0.1, 0.15) is 0 Å². The fourth-order valence-corrected chi connectivity index (χ4v) is 1.50. The molecule has 11 heavy (non-hydrogen) atoms. The summed E-state index contributed by atoms with van der Waals surface area (Å²) < 4.78 is 0. The van der Waals surface area contributed by atoms with Crippen LogP contribution in [0.5, 0.6) is 0 Å². The smallest absolute Gasteiger partial charge is 0.309 e. The van der Waals surface area contributed by atoms with Crippen LogP contribution in [0.2, 0.25) is 0 Å². The lowest BCUT2D eigenvalue weighted by molar-refractivity contribution is 0.353. The molecule has 0 atom stereocenters. The zero-order chi connectivity index (χ0) is 7.94. The molecule has 1 saturated heterocycles. The van der Waals surface area contributed by atoms with Crippen LogP contribution in [0.25, 0.3) is 0 Å². The Morgan fingerprint density at radius 3 is 2.82 bits per heavy atom. The summed E-state index contributed by atoms with van der Waals surface area (Å²) in [6.45, 7) is 3.05. The molecule has 0 bridgehead atoms. The van der Waals surface area contributed by atoms with E-state index in [1.807, 2.05) is 0 Å². The van der Waals surface area contributed by atoms with E-state index in [4.69, 9.17) is 0 Å². The first-order chi connectivity index (χ1) is 5.43. The van der Waals surface area contributed by atoms with Crippen molar-refractivity contribution in [3.8, 4) is 0 Å². The Labute approximate surface area is 67.5 Å². The number of amides is 1. The van der Waals surface area contributed by atoms with Crippen LogP contribution >= 0.6 is 0 Å². The van der Waals surface area contributed by atoms with Gasteiger partial charge in [-0.05, 0) is 38.3 Å². The van der Waals surface area contributed by atoms with Crippen LogP contribution in [-0.4, -0.2) is 26.0 Å². The Balaban J connectivity index is 2.00. The van der Waals surface area contributed by atoms with Crippen LogP contribution in [0.1, 0.15) is 19.3 Å². The molecule has 0 unspecified atom stereocenters. The van der Waals surface area contributed by atoms with Crippen molar-refractivity contribution in [3.63, 3.8) is 0 Å². The second-order valence-electron chi connectivity index (χ2n) is 3.01. The van der Waals surface area contributed by atoms with E-state index >= 15 is 0 Å². The number of rotatable bonds is 4. The van der Waals surface area contributed by atoms with Gasteiger partial charge in [0.25, 0.3) is 0 Å². The predicted octanol–water partition coefficient (Wildman–Crippen LogP) is 0.0329. The van der Waals surface area contributed by atoms with Crippen molar-refractivity contribution in [2.45, 2.75) is 19.3 Å². The van der Waals surface area contributed by atoms with Crippen molar-refractivity contribution >= 4 is 6.41 Å². The first kappa shape index (κ1) is 8.53. The van der Waals surface area contributed by atoms with E-state index in [9.17, 15) is 4.79 Å². The standard InChI is InChI=1S/C8H15N2O/c11-7-10-6-3-8-1-4-9-5-2-8/h8-9H,1-6H2,(H,10,11). The molecule has 1 radical (unpaired) electrons. The van der Waals surface area contributed by atoms with E-state index in [0.717, 1.165) is 32.0 Å². The van der Waals surface area contributed by atoms with Gasteiger partial charge < -0.3 is 10.6 Å². The lowest BCUT2D eigenvalue weighted by atomic mass is 9.95. The Morgan fingerprint density at radius 2 is 2.18 bits per heavy atom. The molecule has 1 fully saturated rings. The Morgan fingerprint density at radius 1 is 1.45 bits per heavy atom. The summed E-state index contributed by atoms with van der Waals surface area (Å²) in [5.74, 6) is 0.803. The van der Waals surface area contributed by atoms with Gasteiger partial charge in [-0.25, -0.2) is 0 Å². The molecule has 3 nitrogen and oxygen atoms in total. The maximum atomic E-state index is 9.80. The largest absolute Gasteiger partial charge is 0.348 e. The maximum Gasteiger partial charge on any atom is 0.309 e. The van der Waals surface area contributed by atoms with Crippen molar-refractivity contribution in [1.29, 1.82) is 0 Å². The molecule has 3 heteroatoms. The van der Waals surface area contributed by atoms with E-state index in [2.05, 4.69) is 10.6 Å². The van der Waals surface area contributed by atoms with Gasteiger partial charge >= 0.3 is 6.41 Å². The summed E-state index contributed by atoms with van der Waals surface area (Å²) in [7, 11) is 0. The van der Waals surface area contributed by atoms with Gasteiger partial charge in [-0.3, -0.25) is 4.79 Å². The number of carbonyl (C=O) groups excluding carboxylic acids is 1. The fourth-order valence-electron chi connectivity index (χ4n) is 1.50. The van der Waals surface area contributed by atoms with Crippen LogP contribution in [0, 0.1) is 5.92 Å². The van der Waals surface area contributed by atoms with Crippen LogP contribution in [-0.2, 0) is 4.79 Å². The molecule has 0 aromatic rings. The van der Waals surface area contributed by atoms with Crippen molar-refractivity contribution in [3.05, 3.63) is 0 Å². The monoisotopic (exact) mass is 155 g/mol. The molecule has 1 aliphatic rings. The highest BCUT2D eigenvalue weighted by Crippen LogP contribution is 2.14. The third kappa shape index (κ3) is 3.37. The number of nitrogens with one attached hydrogen (secondary N) is 2. The minimum atomic E-state index is 0.786. The SMILES string of the molecule is O=[C]NCCC1CCNCC1. The van der Waals surface area contributed by atoms with Gasteiger partial charge in [-0.1, -0.05) is 0 Å². The first-order valence-electron chi connectivity index (χ1n) is 4.24. The van der Waals surface area contributed by atoms with E-state index in [1.54, 1.807) is 6.41 Å². The lowest BCUT2D eigenvalue weighted by Gasteiger charge is -2.21. The van der Waals surface area contributed by atoms with Gasteiger partial charge in [0.2, 0.25) is 0 Å². The van der Waals surface area contributed by atoms with E-state index < -0.39 is 0 Å². The van der Waals surface area contributed by atoms with Gasteiger partial charge in [0.15, 0.2) is 0 Å². The van der Waals surface area contributed by atoms with Crippen LogP contribution < -0.4 is 10.6 Å². The minimum absolute atomic E-state index is 0.786. The third-order valence-electron chi connectivity index (χ3n) is 2.21. The molecule has 2 N–H and O–H groups in total. The number of hydrogen-bond acceptors (Lipinski definition) is 2. The van der Waals surface area contributed by atoms with Gasteiger partial charge in [-0.2, -0.15) is 0 Å². The summed E-state index contributed by atoms with van der Waals surface area (Å²) >= 11 is 0. The molecule has 63 valence electrons. The second kappa shape index (κ2) is 5.13. The molecule has 0 saturated carbocycles. The Kier molecular flexibility index (Phi) is 3.98. The molecular weight excluding hydrogens is 140 g/mol. The highest BCUT2D eigenvalue weighted by Gasteiger charge is 2.11. The zero-order valence-corrected chi connectivity index (χ0v) is 6.73. The lowest BCUT2D eigenvalue weighted by Crippen LogP contribution is -2.29. The molecule has 0 aromatic heterocycles. The Hall–Kier alpha value is -0.570. The molecular formula is C8H15N2O. The summed E-state index contributed by atoms with van der Waals surface area (Å²) in [6.07, 6.45) is 5.30. The van der Waals surface area contributed by atoms with Crippen molar-refractivity contribution in [1.82, 2.24) is 10.6 Å². The molecule has 0 spiro atoms. The number of piperidine rings is 1. The van der Waals surface area contributed by atoms with Gasteiger partial charge in [0, 0.05) is 6.54 Å². The highest BCUT2D eigenvalue weighted by molar-refractivity contribution is 5.46. The van der Waals surface area contributed by atoms with E-state index in [0.29, 0.717) is 0 Å². The molecule has 1 heterocycles. The summed E-state index contributed by atoms with van der Waals surface area (Å²) in [4.78, 5) is 9.80. The van der Waals surface area contributed by atoms with Gasteiger partial charge in [-0.15, -0.1) is 0 Å². The molecule has 1 amide bonds. The average molecular weight is 155 g/mol. The van der Waals surface area contributed by atoms with Crippen LogP contribution in [0.15, 0.2) is 0 Å². The molecule has 1 rings (SSSR count). The molecule has 1 aliphatic heterocycles. The average Bonchev–Trinajstić information content (AvgIpc) is 2.07. The highest BCUT2D eigenvalue weighted by atomic mass is 16.1. The third-order valence-corrected chi connectivity index (χ3v) is 2.21. The quantitative estimate of drug-likeness (QED) is 0.444. The topological polar surface area (TPSA) is 41.1 Å². The van der Waals surface area contributed by atoms with Gasteiger partial charge in [0.05, 0.1) is 0 Å². The number of hydrogen-bond donors (Lipinski definition) is 2. The zero-order valence-electron chi connectivity index (χ0n) is 6.73. The molecule has 0 aromatic carbocycles. The van der Waals surface area contributed by atoms with Crippen molar-refractivity contribution in [2.24, 2.45) is 5.92 Å². The van der Waals surface area contributed by atoms with Crippen LogP contribution in [0.4, 0.5) is 0 Å². The van der Waals surface area contributed by atoms with E-state index in [-0.39, 0.29) is 0 Å². The fraction of sp³-hybridized carbons (Fsp3) is 0.875.